The molecule has 10 heteroatoms. The third-order valence-electron chi connectivity index (χ3n) is 5.95. The fourth-order valence-electron chi connectivity index (χ4n) is 3.74. The van der Waals surface area contributed by atoms with Crippen LogP contribution in [0.25, 0.3) is 0 Å². The minimum atomic E-state index is -4.09. The summed E-state index contributed by atoms with van der Waals surface area (Å²) in [5, 5.41) is 9.53. The highest BCUT2D eigenvalue weighted by Crippen LogP contribution is 2.27. The van der Waals surface area contributed by atoms with Gasteiger partial charge in [-0.1, -0.05) is 54.1 Å². The number of benzene rings is 4. The van der Waals surface area contributed by atoms with Gasteiger partial charge in [0.2, 0.25) is 9.84 Å². The molecule has 0 heterocycles. The second-order valence-electron chi connectivity index (χ2n) is 8.92. The number of nitrogens with zero attached hydrogens (tertiary/aromatic N) is 1. The van der Waals surface area contributed by atoms with Crippen LogP contribution >= 0.6 is 0 Å². The predicted octanol–water partition coefficient (Wildman–Crippen LogP) is 5.17. The minimum absolute atomic E-state index is 0.0274. The number of aryl methyl sites for hydroxylation is 1. The van der Waals surface area contributed by atoms with Crippen molar-refractivity contribution in [2.24, 2.45) is 5.10 Å². The number of halogens is 1. The fourth-order valence-corrected chi connectivity index (χ4v) is 5.09. The predicted molar refractivity (Wildman–Crippen MR) is 153 cm³/mol. The Bertz CT molecular complexity index is 1670. The molecule has 4 aromatic carbocycles. The van der Waals surface area contributed by atoms with Crippen LogP contribution in [0.2, 0.25) is 0 Å². The molecule has 0 radical (unpaired) electrons. The van der Waals surface area contributed by atoms with Crippen LogP contribution in [-0.2, 0) is 14.6 Å². The van der Waals surface area contributed by atoms with Gasteiger partial charge in [-0.3, -0.25) is 9.59 Å². The third-order valence-corrected chi connectivity index (χ3v) is 7.73. The second-order valence-corrected chi connectivity index (χ2v) is 10.8. The van der Waals surface area contributed by atoms with Gasteiger partial charge >= 0.3 is 0 Å². The van der Waals surface area contributed by atoms with Gasteiger partial charge in [-0.05, 0) is 67.9 Å². The standard InChI is InChI=1S/C30H27FN4O4S/c1-20-14-16-25(17-15-20)40(38,39)27-13-7-12-26(29(27)31)32-19-28(36)35-34-21(2)23-10-6-11-24(18-23)33-30(37)22-8-4-3-5-9-22/h3-18,32H,19H2,1-2H3,(H,33,37)(H,35,36)/b34-21-. The van der Waals surface area contributed by atoms with E-state index in [2.05, 4.69) is 21.2 Å². The zero-order chi connectivity index (χ0) is 28.7. The summed E-state index contributed by atoms with van der Waals surface area (Å²) >= 11 is 0. The van der Waals surface area contributed by atoms with Gasteiger partial charge in [-0.15, -0.1) is 0 Å². The lowest BCUT2D eigenvalue weighted by Gasteiger charge is -2.11. The molecule has 0 aliphatic heterocycles. The molecule has 0 saturated heterocycles. The molecule has 204 valence electrons. The van der Waals surface area contributed by atoms with Gasteiger partial charge in [-0.2, -0.15) is 5.10 Å². The Morgan fingerprint density at radius 2 is 1.52 bits per heavy atom. The first-order valence-electron chi connectivity index (χ1n) is 12.3. The number of amides is 2. The Labute approximate surface area is 231 Å². The van der Waals surface area contributed by atoms with Crippen LogP contribution in [0.4, 0.5) is 15.8 Å². The van der Waals surface area contributed by atoms with Crippen LogP contribution in [0.3, 0.4) is 0 Å². The summed E-state index contributed by atoms with van der Waals surface area (Å²) in [6.07, 6.45) is 0. The highest BCUT2D eigenvalue weighted by Gasteiger charge is 2.23. The average molecular weight is 559 g/mol. The van der Waals surface area contributed by atoms with Gasteiger partial charge in [0.25, 0.3) is 11.8 Å². The molecule has 0 aliphatic rings. The van der Waals surface area contributed by atoms with Crippen LogP contribution in [0, 0.1) is 12.7 Å². The normalized spacial score (nSPS) is 11.5. The van der Waals surface area contributed by atoms with Gasteiger partial charge in [0.1, 0.15) is 4.90 Å². The molecule has 40 heavy (non-hydrogen) atoms. The summed E-state index contributed by atoms with van der Waals surface area (Å²) in [7, 11) is -4.09. The lowest BCUT2D eigenvalue weighted by molar-refractivity contribution is -0.119. The van der Waals surface area contributed by atoms with E-state index in [1.165, 1.54) is 30.3 Å². The van der Waals surface area contributed by atoms with Gasteiger partial charge in [0.15, 0.2) is 5.82 Å². The van der Waals surface area contributed by atoms with Crippen LogP contribution in [0.15, 0.2) is 112 Å². The van der Waals surface area contributed by atoms with Crippen LogP contribution in [0.5, 0.6) is 0 Å². The monoisotopic (exact) mass is 558 g/mol. The number of nitrogens with one attached hydrogen (secondary N) is 3. The van der Waals surface area contributed by atoms with Crippen LogP contribution < -0.4 is 16.1 Å². The van der Waals surface area contributed by atoms with Crippen molar-refractivity contribution in [1.82, 2.24) is 5.43 Å². The quantitative estimate of drug-likeness (QED) is 0.194. The Morgan fingerprint density at radius 3 is 2.25 bits per heavy atom. The van der Waals surface area contributed by atoms with Gasteiger partial charge in [-0.25, -0.2) is 18.2 Å². The van der Waals surface area contributed by atoms with E-state index in [-0.39, 0.29) is 23.0 Å². The zero-order valence-electron chi connectivity index (χ0n) is 21.8. The molecule has 0 saturated carbocycles. The summed E-state index contributed by atoms with van der Waals surface area (Å²) < 4.78 is 41.0. The van der Waals surface area contributed by atoms with Crippen molar-refractivity contribution in [2.75, 3.05) is 17.2 Å². The topological polar surface area (TPSA) is 117 Å². The number of anilines is 2. The Hall–Kier alpha value is -4.83. The van der Waals surface area contributed by atoms with E-state index in [9.17, 15) is 18.0 Å². The Morgan fingerprint density at radius 1 is 0.850 bits per heavy atom. The first kappa shape index (κ1) is 28.2. The molecule has 2 amide bonds. The number of hydrogen-bond donors (Lipinski definition) is 3. The van der Waals surface area contributed by atoms with E-state index in [1.807, 2.05) is 13.0 Å². The van der Waals surface area contributed by atoms with E-state index < -0.39 is 26.5 Å². The molecule has 4 aromatic rings. The van der Waals surface area contributed by atoms with Gasteiger partial charge in [0, 0.05) is 11.3 Å². The highest BCUT2D eigenvalue weighted by atomic mass is 32.2. The lowest BCUT2D eigenvalue weighted by Crippen LogP contribution is -2.27. The van der Waals surface area contributed by atoms with Crippen molar-refractivity contribution in [1.29, 1.82) is 0 Å². The molecule has 0 aromatic heterocycles. The molecular weight excluding hydrogens is 531 g/mol. The lowest BCUT2D eigenvalue weighted by atomic mass is 10.1. The smallest absolute Gasteiger partial charge is 0.259 e. The summed E-state index contributed by atoms with van der Waals surface area (Å²) in [5.41, 5.74) is 5.35. The van der Waals surface area contributed by atoms with Crippen LogP contribution in [0.1, 0.15) is 28.4 Å². The number of sulfone groups is 1. The maximum absolute atomic E-state index is 15.1. The summed E-state index contributed by atoms with van der Waals surface area (Å²) in [6.45, 7) is 3.15. The van der Waals surface area contributed by atoms with E-state index in [0.717, 1.165) is 5.56 Å². The summed E-state index contributed by atoms with van der Waals surface area (Å²) in [6, 6.07) is 25.8. The highest BCUT2D eigenvalue weighted by molar-refractivity contribution is 7.91. The summed E-state index contributed by atoms with van der Waals surface area (Å²) in [4.78, 5) is 24.3. The molecule has 0 fully saturated rings. The van der Waals surface area contributed by atoms with Crippen molar-refractivity contribution in [3.8, 4) is 0 Å². The third kappa shape index (κ3) is 6.78. The SMILES string of the molecule is C/C(=N/NC(=O)CNc1cccc(S(=O)(=O)c2ccc(C)cc2)c1F)c1cccc(NC(=O)c2ccccc2)c1. The molecule has 8 nitrogen and oxygen atoms in total. The number of carbonyl (C=O) groups is 2. The van der Waals surface area contributed by atoms with Crippen molar-refractivity contribution in [3.05, 3.63) is 120 Å². The Balaban J connectivity index is 1.38. The van der Waals surface area contributed by atoms with E-state index in [1.54, 1.807) is 67.6 Å². The molecule has 0 unspecified atom stereocenters. The number of hydrogen-bond acceptors (Lipinski definition) is 6. The van der Waals surface area contributed by atoms with Crippen molar-refractivity contribution in [3.63, 3.8) is 0 Å². The first-order valence-corrected chi connectivity index (χ1v) is 13.8. The fraction of sp³-hybridized carbons (Fsp3) is 0.100. The van der Waals surface area contributed by atoms with E-state index in [0.29, 0.717) is 22.5 Å². The van der Waals surface area contributed by atoms with Crippen molar-refractivity contribution in [2.45, 2.75) is 23.6 Å². The summed E-state index contributed by atoms with van der Waals surface area (Å²) in [5.74, 6) is -1.81. The van der Waals surface area contributed by atoms with E-state index >= 15 is 4.39 Å². The van der Waals surface area contributed by atoms with Crippen molar-refractivity contribution >= 4 is 38.7 Å². The van der Waals surface area contributed by atoms with Crippen molar-refractivity contribution < 1.29 is 22.4 Å². The molecule has 0 spiro atoms. The largest absolute Gasteiger partial charge is 0.374 e. The Kier molecular flexibility index (Phi) is 8.70. The molecule has 3 N–H and O–H groups in total. The zero-order valence-corrected chi connectivity index (χ0v) is 22.6. The molecule has 0 bridgehead atoms. The van der Waals surface area contributed by atoms with E-state index in [4.69, 9.17) is 0 Å². The second kappa shape index (κ2) is 12.4. The van der Waals surface area contributed by atoms with Gasteiger partial charge < -0.3 is 10.6 Å². The van der Waals surface area contributed by atoms with Crippen LogP contribution in [-0.4, -0.2) is 32.5 Å². The molecule has 4 rings (SSSR count). The molecule has 0 atom stereocenters. The molecule has 0 aliphatic carbocycles. The minimum Gasteiger partial charge on any atom is -0.374 e. The number of carbonyl (C=O) groups excluding carboxylic acids is 2. The van der Waals surface area contributed by atoms with Gasteiger partial charge in [0.05, 0.1) is 22.8 Å². The number of rotatable bonds is 9. The molecular formula is C30H27FN4O4S. The number of hydrazone groups is 1. The maximum atomic E-state index is 15.1. The first-order chi connectivity index (χ1) is 19.1. The maximum Gasteiger partial charge on any atom is 0.259 e. The average Bonchev–Trinajstić information content (AvgIpc) is 2.96.